The first-order valence-electron chi connectivity index (χ1n) is 11.2. The lowest BCUT2D eigenvalue weighted by molar-refractivity contribution is 0.681. The average Bonchev–Trinajstić information content (AvgIpc) is 3.49. The summed E-state index contributed by atoms with van der Waals surface area (Å²) in [5.41, 5.74) is 6.38. The van der Waals surface area contributed by atoms with E-state index in [0.29, 0.717) is 18.7 Å². The van der Waals surface area contributed by atoms with Crippen LogP contribution in [0.4, 0.5) is 11.6 Å². The van der Waals surface area contributed by atoms with Gasteiger partial charge in [0.05, 0.1) is 18.5 Å². The van der Waals surface area contributed by atoms with Gasteiger partial charge in [-0.2, -0.15) is 10.2 Å². The molecule has 9 heteroatoms. The summed E-state index contributed by atoms with van der Waals surface area (Å²) in [6.45, 7) is 6.17. The SMILES string of the molecule is CNc1cc(C)c(CNc2ncnc3nn(Cc4ccc(Cn5cccn5)cc4)cc23)c(C)n1. The van der Waals surface area contributed by atoms with Crippen LogP contribution in [0.2, 0.25) is 0 Å². The lowest BCUT2D eigenvalue weighted by Crippen LogP contribution is -2.08. The molecule has 1 aromatic carbocycles. The molecule has 0 atom stereocenters. The largest absolute Gasteiger partial charge is 0.373 e. The Morgan fingerprint density at radius 3 is 2.41 bits per heavy atom. The average molecular weight is 454 g/mol. The molecule has 0 bridgehead atoms. The second kappa shape index (κ2) is 9.30. The van der Waals surface area contributed by atoms with E-state index in [4.69, 9.17) is 0 Å². The maximum atomic E-state index is 4.66. The molecule has 0 fully saturated rings. The Morgan fingerprint density at radius 1 is 0.971 bits per heavy atom. The number of benzene rings is 1. The van der Waals surface area contributed by atoms with Crippen molar-refractivity contribution in [3.8, 4) is 0 Å². The van der Waals surface area contributed by atoms with E-state index < -0.39 is 0 Å². The van der Waals surface area contributed by atoms with E-state index in [9.17, 15) is 0 Å². The van der Waals surface area contributed by atoms with Crippen LogP contribution in [0.5, 0.6) is 0 Å². The van der Waals surface area contributed by atoms with Gasteiger partial charge in [0.1, 0.15) is 18.0 Å². The summed E-state index contributed by atoms with van der Waals surface area (Å²) in [4.78, 5) is 13.4. The highest BCUT2D eigenvalue weighted by Gasteiger charge is 2.11. The third kappa shape index (κ3) is 4.59. The number of anilines is 2. The van der Waals surface area contributed by atoms with Gasteiger partial charge in [-0.05, 0) is 48.2 Å². The van der Waals surface area contributed by atoms with Crippen molar-refractivity contribution in [3.63, 3.8) is 0 Å². The third-order valence-corrected chi connectivity index (χ3v) is 5.88. The minimum absolute atomic E-state index is 0.629. The van der Waals surface area contributed by atoms with Crippen LogP contribution in [-0.2, 0) is 19.6 Å². The summed E-state index contributed by atoms with van der Waals surface area (Å²) in [6, 6.07) is 12.5. The summed E-state index contributed by atoms with van der Waals surface area (Å²) in [7, 11) is 1.88. The molecule has 0 saturated heterocycles. The molecule has 172 valence electrons. The Balaban J connectivity index is 1.31. The standard InChI is InChI=1S/C25H27N9/c1-17-11-23(26-3)31-18(2)21(17)12-27-24-22-15-34(32-25(22)29-16-28-24)14-20-7-5-19(6-8-20)13-33-10-4-9-30-33/h4-11,15-16H,12-14H2,1-3H3,(H,26,31)(H,27,28,29,32). The van der Waals surface area contributed by atoms with Crippen LogP contribution < -0.4 is 10.6 Å². The normalized spacial score (nSPS) is 11.1. The van der Waals surface area contributed by atoms with Gasteiger partial charge in [-0.15, -0.1) is 0 Å². The molecule has 34 heavy (non-hydrogen) atoms. The van der Waals surface area contributed by atoms with Crippen molar-refractivity contribution in [2.45, 2.75) is 33.5 Å². The van der Waals surface area contributed by atoms with Gasteiger partial charge in [0, 0.05) is 37.9 Å². The van der Waals surface area contributed by atoms with Crippen LogP contribution in [0.25, 0.3) is 11.0 Å². The fourth-order valence-corrected chi connectivity index (χ4v) is 4.05. The van der Waals surface area contributed by atoms with Gasteiger partial charge in [0.25, 0.3) is 0 Å². The summed E-state index contributed by atoms with van der Waals surface area (Å²) in [6.07, 6.45) is 7.31. The molecular formula is C25H27N9. The monoisotopic (exact) mass is 453 g/mol. The summed E-state index contributed by atoms with van der Waals surface area (Å²) in [5.74, 6) is 1.64. The highest BCUT2D eigenvalue weighted by molar-refractivity contribution is 5.85. The van der Waals surface area contributed by atoms with Crippen molar-refractivity contribution in [3.05, 3.63) is 89.3 Å². The number of rotatable bonds is 8. The Bertz CT molecular complexity index is 1380. The topological polar surface area (TPSA) is 98.4 Å². The second-order valence-corrected chi connectivity index (χ2v) is 8.30. The van der Waals surface area contributed by atoms with Gasteiger partial charge in [0.2, 0.25) is 0 Å². The minimum Gasteiger partial charge on any atom is -0.373 e. The Hall–Kier alpha value is -4.27. The maximum Gasteiger partial charge on any atom is 0.186 e. The van der Waals surface area contributed by atoms with Crippen LogP contribution in [0, 0.1) is 13.8 Å². The predicted octanol–water partition coefficient (Wildman–Crippen LogP) is 3.79. The number of aromatic nitrogens is 7. The molecule has 4 heterocycles. The van der Waals surface area contributed by atoms with Crippen LogP contribution in [-0.4, -0.2) is 41.6 Å². The number of nitrogens with zero attached hydrogens (tertiary/aromatic N) is 7. The van der Waals surface area contributed by atoms with E-state index in [-0.39, 0.29) is 0 Å². The third-order valence-electron chi connectivity index (χ3n) is 5.88. The van der Waals surface area contributed by atoms with Crippen LogP contribution in [0.3, 0.4) is 0 Å². The van der Waals surface area contributed by atoms with E-state index >= 15 is 0 Å². The van der Waals surface area contributed by atoms with E-state index in [1.54, 1.807) is 12.5 Å². The second-order valence-electron chi connectivity index (χ2n) is 8.30. The number of fused-ring (bicyclic) bond motifs is 1. The zero-order chi connectivity index (χ0) is 23.5. The molecule has 2 N–H and O–H groups in total. The number of hydrogen-bond donors (Lipinski definition) is 2. The number of aryl methyl sites for hydroxylation is 2. The molecule has 0 radical (unpaired) electrons. The van der Waals surface area contributed by atoms with Crippen molar-refractivity contribution in [1.29, 1.82) is 0 Å². The highest BCUT2D eigenvalue weighted by atomic mass is 15.3. The first-order chi connectivity index (χ1) is 16.6. The van der Waals surface area contributed by atoms with Crippen molar-refractivity contribution in [1.82, 2.24) is 34.5 Å². The van der Waals surface area contributed by atoms with Gasteiger partial charge >= 0.3 is 0 Å². The number of hydrogen-bond acceptors (Lipinski definition) is 7. The van der Waals surface area contributed by atoms with E-state index in [1.807, 2.05) is 41.8 Å². The molecule has 5 rings (SSSR count). The van der Waals surface area contributed by atoms with Crippen molar-refractivity contribution < 1.29 is 0 Å². The van der Waals surface area contributed by atoms with Crippen LogP contribution in [0.1, 0.15) is 27.9 Å². The minimum atomic E-state index is 0.629. The van der Waals surface area contributed by atoms with Gasteiger partial charge < -0.3 is 10.6 Å². The molecule has 5 aromatic rings. The molecule has 0 amide bonds. The molecule has 9 nitrogen and oxygen atoms in total. The van der Waals surface area contributed by atoms with Gasteiger partial charge in [-0.1, -0.05) is 24.3 Å². The maximum absolute atomic E-state index is 4.66. The van der Waals surface area contributed by atoms with Gasteiger partial charge in [0.15, 0.2) is 5.65 Å². The quantitative estimate of drug-likeness (QED) is 0.369. The van der Waals surface area contributed by atoms with Crippen molar-refractivity contribution in [2.75, 3.05) is 17.7 Å². The number of pyridine rings is 1. The van der Waals surface area contributed by atoms with Crippen LogP contribution >= 0.6 is 0 Å². The molecular weight excluding hydrogens is 426 g/mol. The first kappa shape index (κ1) is 21.6. The lowest BCUT2D eigenvalue weighted by atomic mass is 10.1. The highest BCUT2D eigenvalue weighted by Crippen LogP contribution is 2.22. The van der Waals surface area contributed by atoms with Crippen molar-refractivity contribution >= 4 is 22.7 Å². The Kier molecular flexibility index (Phi) is 5.90. The Labute approximate surface area is 197 Å². The molecule has 0 aliphatic carbocycles. The van der Waals surface area contributed by atoms with Crippen molar-refractivity contribution in [2.24, 2.45) is 0 Å². The van der Waals surface area contributed by atoms with E-state index in [1.165, 1.54) is 16.7 Å². The summed E-state index contributed by atoms with van der Waals surface area (Å²) >= 11 is 0. The fraction of sp³-hybridized carbons (Fsp3) is 0.240. The summed E-state index contributed by atoms with van der Waals surface area (Å²) in [5, 5.41) is 16.4. The Morgan fingerprint density at radius 2 is 1.74 bits per heavy atom. The van der Waals surface area contributed by atoms with E-state index in [2.05, 4.69) is 73.0 Å². The van der Waals surface area contributed by atoms with Gasteiger partial charge in [-0.3, -0.25) is 9.36 Å². The smallest absolute Gasteiger partial charge is 0.186 e. The summed E-state index contributed by atoms with van der Waals surface area (Å²) < 4.78 is 3.82. The molecule has 0 aliphatic rings. The fourth-order valence-electron chi connectivity index (χ4n) is 4.05. The molecule has 0 saturated carbocycles. The van der Waals surface area contributed by atoms with E-state index in [0.717, 1.165) is 34.8 Å². The first-order valence-corrected chi connectivity index (χ1v) is 11.2. The molecule has 0 unspecified atom stereocenters. The zero-order valence-corrected chi connectivity index (χ0v) is 19.5. The molecule has 0 aliphatic heterocycles. The van der Waals surface area contributed by atoms with Gasteiger partial charge in [-0.25, -0.2) is 15.0 Å². The lowest BCUT2D eigenvalue weighted by Gasteiger charge is -2.13. The predicted molar refractivity (Wildman–Crippen MR) is 133 cm³/mol. The molecule has 4 aromatic heterocycles. The number of nitrogens with one attached hydrogen (secondary N) is 2. The van der Waals surface area contributed by atoms with Crippen LogP contribution in [0.15, 0.2) is 61.3 Å². The zero-order valence-electron chi connectivity index (χ0n) is 19.5. The molecule has 0 spiro atoms.